The van der Waals surface area contributed by atoms with Gasteiger partial charge in [0.15, 0.2) is 0 Å². The van der Waals surface area contributed by atoms with Crippen LogP contribution in [0.5, 0.6) is 0 Å². The van der Waals surface area contributed by atoms with Crippen molar-refractivity contribution < 1.29 is 0 Å². The van der Waals surface area contributed by atoms with E-state index in [9.17, 15) is 0 Å². The average molecular weight is 329 g/mol. The third-order valence-electron chi connectivity index (χ3n) is 5.17. The van der Waals surface area contributed by atoms with Gasteiger partial charge in [0.25, 0.3) is 0 Å². The Morgan fingerprint density at radius 2 is 1.96 bits per heavy atom. The van der Waals surface area contributed by atoms with Crippen molar-refractivity contribution in [1.29, 1.82) is 0 Å². The molecule has 1 fully saturated rings. The molecule has 0 amide bonds. The molecule has 2 heterocycles. The van der Waals surface area contributed by atoms with E-state index in [1.165, 1.54) is 54.5 Å². The summed E-state index contributed by atoms with van der Waals surface area (Å²) in [5.41, 5.74) is 10.0. The smallest absolute Gasteiger partial charge is 0.0483 e. The molecular formula is C20H32N4. The fourth-order valence-electron chi connectivity index (χ4n) is 3.71. The average Bonchev–Trinajstić information content (AvgIpc) is 2.98. The lowest BCUT2D eigenvalue weighted by Crippen LogP contribution is -2.43. The lowest BCUT2D eigenvalue weighted by atomic mass is 10.0. The maximum Gasteiger partial charge on any atom is 0.0483 e. The first kappa shape index (κ1) is 17.5. The van der Waals surface area contributed by atoms with Crippen LogP contribution in [0.25, 0.3) is 10.9 Å². The van der Waals surface area contributed by atoms with Gasteiger partial charge in [-0.15, -0.1) is 0 Å². The molecule has 2 aromatic rings. The maximum atomic E-state index is 5.71. The number of nitrogens with zero attached hydrogens (tertiary/aromatic N) is 2. The predicted octanol–water partition coefficient (Wildman–Crippen LogP) is 2.39. The summed E-state index contributed by atoms with van der Waals surface area (Å²) < 4.78 is 2.40. The number of aromatic nitrogens is 1. The summed E-state index contributed by atoms with van der Waals surface area (Å²) in [6.45, 7) is 9.88. The fourth-order valence-corrected chi connectivity index (χ4v) is 3.71. The second-order valence-electron chi connectivity index (χ2n) is 6.89. The topological polar surface area (TPSA) is 46.2 Å². The summed E-state index contributed by atoms with van der Waals surface area (Å²) >= 11 is 0. The second-order valence-corrected chi connectivity index (χ2v) is 6.89. The number of hydrogen-bond donors (Lipinski definition) is 2. The zero-order valence-corrected chi connectivity index (χ0v) is 15.1. The van der Waals surface area contributed by atoms with E-state index in [0.29, 0.717) is 0 Å². The molecule has 4 nitrogen and oxygen atoms in total. The van der Waals surface area contributed by atoms with Crippen LogP contribution in [0.15, 0.2) is 24.4 Å². The first-order valence-corrected chi connectivity index (χ1v) is 9.55. The fraction of sp³-hybridized carbons (Fsp3) is 0.600. The lowest BCUT2D eigenvalue weighted by molar-refractivity contribution is 0.238. The van der Waals surface area contributed by atoms with Crippen LogP contribution in [0, 0.1) is 0 Å². The number of nitrogens with one attached hydrogen (secondary N) is 1. The highest BCUT2D eigenvalue weighted by Crippen LogP contribution is 2.25. The van der Waals surface area contributed by atoms with Gasteiger partial charge in [0.2, 0.25) is 0 Å². The number of rotatable bonds is 8. The summed E-state index contributed by atoms with van der Waals surface area (Å²) in [5, 5.41) is 4.88. The minimum absolute atomic E-state index is 0.755. The quantitative estimate of drug-likeness (QED) is 0.782. The molecule has 0 radical (unpaired) electrons. The summed E-state index contributed by atoms with van der Waals surface area (Å²) in [4.78, 5) is 2.58. The molecular weight excluding hydrogens is 296 g/mol. The van der Waals surface area contributed by atoms with Crippen molar-refractivity contribution >= 4 is 10.9 Å². The maximum absolute atomic E-state index is 5.71. The molecule has 0 spiro atoms. The zero-order valence-electron chi connectivity index (χ0n) is 15.1. The van der Waals surface area contributed by atoms with Crippen molar-refractivity contribution in [3.63, 3.8) is 0 Å². The third-order valence-corrected chi connectivity index (χ3v) is 5.17. The van der Waals surface area contributed by atoms with Crippen LogP contribution in [0.2, 0.25) is 0 Å². The Morgan fingerprint density at radius 1 is 1.12 bits per heavy atom. The van der Waals surface area contributed by atoms with Crippen LogP contribution >= 0.6 is 0 Å². The van der Waals surface area contributed by atoms with Crippen molar-refractivity contribution in [2.45, 2.75) is 39.2 Å². The lowest BCUT2D eigenvalue weighted by Gasteiger charge is -2.26. The van der Waals surface area contributed by atoms with Gasteiger partial charge in [-0.25, -0.2) is 0 Å². The highest BCUT2D eigenvalue weighted by atomic mass is 15.2. The van der Waals surface area contributed by atoms with E-state index in [2.05, 4.69) is 46.1 Å². The highest BCUT2D eigenvalue weighted by Gasteiger charge is 2.12. The van der Waals surface area contributed by atoms with Crippen molar-refractivity contribution in [2.75, 3.05) is 39.3 Å². The van der Waals surface area contributed by atoms with E-state index in [0.717, 1.165) is 39.0 Å². The summed E-state index contributed by atoms with van der Waals surface area (Å²) in [5.74, 6) is 0. The van der Waals surface area contributed by atoms with Gasteiger partial charge in [-0.1, -0.05) is 13.0 Å². The number of benzene rings is 1. The number of hydrogen-bond acceptors (Lipinski definition) is 3. The molecule has 0 unspecified atom stereocenters. The Morgan fingerprint density at radius 3 is 2.71 bits per heavy atom. The summed E-state index contributed by atoms with van der Waals surface area (Å²) in [6, 6.07) is 6.96. The van der Waals surface area contributed by atoms with Crippen molar-refractivity contribution in [3.8, 4) is 0 Å². The zero-order chi connectivity index (χ0) is 16.8. The minimum atomic E-state index is 0.755. The Labute approximate surface area is 146 Å². The minimum Gasteiger partial charge on any atom is -0.347 e. The normalized spacial score (nSPS) is 16.1. The van der Waals surface area contributed by atoms with Crippen LogP contribution in [0.1, 0.15) is 30.9 Å². The van der Waals surface area contributed by atoms with E-state index in [4.69, 9.17) is 5.73 Å². The van der Waals surface area contributed by atoms with Gasteiger partial charge in [0.05, 0.1) is 0 Å². The molecule has 3 rings (SSSR count). The Kier molecular flexibility index (Phi) is 6.30. The number of aryl methyl sites for hydroxylation is 3. The number of fused-ring (bicyclic) bond motifs is 1. The van der Waals surface area contributed by atoms with Gasteiger partial charge in [-0.2, -0.15) is 0 Å². The third kappa shape index (κ3) is 4.18. The number of nitrogens with two attached hydrogens (primary N) is 1. The van der Waals surface area contributed by atoms with E-state index in [1.54, 1.807) is 0 Å². The first-order chi connectivity index (χ1) is 11.8. The summed E-state index contributed by atoms with van der Waals surface area (Å²) in [7, 11) is 0. The monoisotopic (exact) mass is 328 g/mol. The van der Waals surface area contributed by atoms with E-state index >= 15 is 0 Å². The predicted molar refractivity (Wildman–Crippen MR) is 103 cm³/mol. The Balaban J connectivity index is 1.72. The van der Waals surface area contributed by atoms with E-state index in [-0.39, 0.29) is 0 Å². The highest BCUT2D eigenvalue weighted by molar-refractivity contribution is 5.84. The molecule has 0 bridgehead atoms. The second kappa shape index (κ2) is 8.65. The molecule has 1 saturated heterocycles. The first-order valence-electron chi connectivity index (χ1n) is 9.55. The van der Waals surface area contributed by atoms with Gasteiger partial charge in [0.1, 0.15) is 0 Å². The van der Waals surface area contributed by atoms with Gasteiger partial charge < -0.3 is 20.5 Å². The molecule has 0 aliphatic carbocycles. The SMILES string of the molecule is CCc1ccc2c(c1)c(CCCN1CCNCC1)cn2CCCN. The van der Waals surface area contributed by atoms with Crippen LogP contribution in [0.4, 0.5) is 0 Å². The molecule has 24 heavy (non-hydrogen) atoms. The van der Waals surface area contributed by atoms with E-state index in [1.807, 2.05) is 0 Å². The van der Waals surface area contributed by atoms with Gasteiger partial charge in [0, 0.05) is 49.8 Å². The molecule has 132 valence electrons. The largest absolute Gasteiger partial charge is 0.347 e. The molecule has 1 aliphatic heterocycles. The Bertz CT molecular complexity index is 640. The van der Waals surface area contributed by atoms with Crippen LogP contribution in [-0.2, 0) is 19.4 Å². The van der Waals surface area contributed by atoms with Gasteiger partial charge in [-0.05, 0) is 62.0 Å². The van der Waals surface area contributed by atoms with Crippen LogP contribution < -0.4 is 11.1 Å². The molecule has 1 aromatic heterocycles. The van der Waals surface area contributed by atoms with Gasteiger partial charge in [-0.3, -0.25) is 0 Å². The molecule has 3 N–H and O–H groups in total. The molecule has 4 heteroatoms. The van der Waals surface area contributed by atoms with Crippen molar-refractivity contribution in [2.24, 2.45) is 5.73 Å². The molecule has 0 saturated carbocycles. The number of piperazine rings is 1. The van der Waals surface area contributed by atoms with Crippen molar-refractivity contribution in [3.05, 3.63) is 35.5 Å². The van der Waals surface area contributed by atoms with Crippen LogP contribution in [-0.4, -0.2) is 48.7 Å². The molecule has 1 aliphatic rings. The van der Waals surface area contributed by atoms with Crippen molar-refractivity contribution in [1.82, 2.24) is 14.8 Å². The molecule has 1 aromatic carbocycles. The Hall–Kier alpha value is -1.36. The molecule has 0 atom stereocenters. The summed E-state index contributed by atoms with van der Waals surface area (Å²) in [6.07, 6.45) is 6.93. The van der Waals surface area contributed by atoms with Crippen LogP contribution in [0.3, 0.4) is 0 Å². The van der Waals surface area contributed by atoms with Gasteiger partial charge >= 0.3 is 0 Å². The standard InChI is InChI=1S/C20H32N4/c1-2-17-6-7-20-19(15-17)18(16-24(20)12-4-8-21)5-3-11-23-13-9-22-10-14-23/h6-7,15-16,22H,2-5,8-14,21H2,1H3. The van der Waals surface area contributed by atoms with E-state index < -0.39 is 0 Å².